The van der Waals surface area contributed by atoms with E-state index in [0.29, 0.717) is 22.1 Å². The van der Waals surface area contributed by atoms with Crippen LogP contribution < -0.4 is 20.8 Å². The first-order chi connectivity index (χ1) is 15.0. The van der Waals surface area contributed by atoms with Crippen LogP contribution in [0, 0.1) is 5.82 Å². The summed E-state index contributed by atoms with van der Waals surface area (Å²) in [6.07, 6.45) is 0.0813. The largest absolute Gasteiger partial charge is 0.494 e. The van der Waals surface area contributed by atoms with E-state index in [2.05, 4.69) is 15.4 Å². The van der Waals surface area contributed by atoms with Crippen molar-refractivity contribution in [2.24, 2.45) is 10.8 Å². The molecule has 4 rings (SSSR count). The first-order valence-corrected chi connectivity index (χ1v) is 10.2. The Labute approximate surface area is 181 Å². The quantitative estimate of drug-likeness (QED) is 0.614. The van der Waals surface area contributed by atoms with Gasteiger partial charge in [0.15, 0.2) is 16.7 Å². The standard InChI is InChI=1S/C21H18FN5O3S/c1-30-18-8-7-12(9-14(18)22)16-11-31-21(24-16)25-20(29)15-10-17(19(23)28)27(26-15)13-5-3-2-4-6-13/h2-9,11,17H,10H2,1H3,(H2,23,28)(H,24,25,29). The molecule has 0 spiro atoms. The smallest absolute Gasteiger partial charge is 0.273 e. The van der Waals surface area contributed by atoms with E-state index in [9.17, 15) is 14.0 Å². The minimum atomic E-state index is -0.753. The van der Waals surface area contributed by atoms with Gasteiger partial charge in [-0.2, -0.15) is 5.10 Å². The van der Waals surface area contributed by atoms with Crippen molar-refractivity contribution in [2.45, 2.75) is 12.5 Å². The second-order valence-corrected chi connectivity index (χ2v) is 7.55. The average molecular weight is 439 g/mol. The molecule has 1 aliphatic rings. The van der Waals surface area contributed by atoms with Crippen molar-refractivity contribution < 1.29 is 18.7 Å². The zero-order valence-corrected chi connectivity index (χ0v) is 17.2. The van der Waals surface area contributed by atoms with Crippen LogP contribution in [0.1, 0.15) is 6.42 Å². The van der Waals surface area contributed by atoms with Gasteiger partial charge >= 0.3 is 0 Å². The van der Waals surface area contributed by atoms with Gasteiger partial charge in [-0.05, 0) is 30.3 Å². The van der Waals surface area contributed by atoms with Crippen molar-refractivity contribution in [1.29, 1.82) is 0 Å². The first-order valence-electron chi connectivity index (χ1n) is 9.28. The molecule has 0 saturated carbocycles. The highest BCUT2D eigenvalue weighted by molar-refractivity contribution is 7.14. The summed E-state index contributed by atoms with van der Waals surface area (Å²) in [6.45, 7) is 0. The summed E-state index contributed by atoms with van der Waals surface area (Å²) in [6, 6.07) is 12.8. The van der Waals surface area contributed by atoms with Gasteiger partial charge in [0.2, 0.25) is 5.91 Å². The van der Waals surface area contributed by atoms with E-state index in [-0.39, 0.29) is 17.9 Å². The molecule has 158 valence electrons. The van der Waals surface area contributed by atoms with E-state index in [1.54, 1.807) is 35.7 Å². The molecule has 0 radical (unpaired) electrons. The third kappa shape index (κ3) is 4.24. The number of nitrogens with zero attached hydrogens (tertiary/aromatic N) is 3. The predicted molar refractivity (Wildman–Crippen MR) is 117 cm³/mol. The summed E-state index contributed by atoms with van der Waals surface area (Å²) >= 11 is 1.19. The number of amides is 2. The number of carbonyl (C=O) groups is 2. The van der Waals surface area contributed by atoms with Crippen molar-refractivity contribution in [3.05, 3.63) is 59.7 Å². The zero-order valence-electron chi connectivity index (χ0n) is 16.4. The van der Waals surface area contributed by atoms with Crippen LogP contribution >= 0.6 is 11.3 Å². The molecule has 0 saturated heterocycles. The highest BCUT2D eigenvalue weighted by atomic mass is 32.1. The van der Waals surface area contributed by atoms with Crippen molar-refractivity contribution in [1.82, 2.24) is 4.98 Å². The van der Waals surface area contributed by atoms with Gasteiger partial charge < -0.3 is 10.5 Å². The second kappa shape index (κ2) is 8.52. The van der Waals surface area contributed by atoms with Crippen molar-refractivity contribution in [3.63, 3.8) is 0 Å². The number of carbonyl (C=O) groups excluding carboxylic acids is 2. The topological polar surface area (TPSA) is 110 Å². The zero-order chi connectivity index (χ0) is 22.0. The molecule has 1 aromatic heterocycles. The van der Waals surface area contributed by atoms with Gasteiger partial charge in [-0.25, -0.2) is 9.37 Å². The Morgan fingerprint density at radius 3 is 2.71 bits per heavy atom. The lowest BCUT2D eigenvalue weighted by molar-refractivity contribution is -0.119. The Morgan fingerprint density at radius 2 is 2.03 bits per heavy atom. The number of halogens is 1. The molecule has 1 aliphatic heterocycles. The van der Waals surface area contributed by atoms with E-state index in [1.807, 2.05) is 6.07 Å². The van der Waals surface area contributed by atoms with Crippen LogP contribution in [0.25, 0.3) is 11.3 Å². The van der Waals surface area contributed by atoms with Crippen molar-refractivity contribution in [3.8, 4) is 17.0 Å². The maximum absolute atomic E-state index is 14.0. The summed E-state index contributed by atoms with van der Waals surface area (Å²) in [5, 5.41) is 10.5. The van der Waals surface area contributed by atoms with Gasteiger partial charge in [-0.1, -0.05) is 18.2 Å². The molecule has 2 amide bonds. The lowest BCUT2D eigenvalue weighted by Crippen LogP contribution is -2.39. The number of thiazole rings is 1. The molecular weight excluding hydrogens is 421 g/mol. The number of hydrogen-bond donors (Lipinski definition) is 2. The van der Waals surface area contributed by atoms with Crippen LogP contribution in [0.15, 0.2) is 59.0 Å². The predicted octanol–water partition coefficient (Wildman–Crippen LogP) is 3.02. The summed E-state index contributed by atoms with van der Waals surface area (Å²) in [5.74, 6) is -1.42. The summed E-state index contributed by atoms with van der Waals surface area (Å²) in [7, 11) is 1.39. The van der Waals surface area contributed by atoms with Crippen LogP contribution in [-0.4, -0.2) is 35.7 Å². The third-order valence-electron chi connectivity index (χ3n) is 4.69. The van der Waals surface area contributed by atoms with E-state index in [1.165, 1.54) is 35.6 Å². The van der Waals surface area contributed by atoms with Gasteiger partial charge in [-0.15, -0.1) is 11.3 Å². The van der Waals surface area contributed by atoms with Crippen LogP contribution in [-0.2, 0) is 9.59 Å². The monoisotopic (exact) mass is 439 g/mol. The minimum Gasteiger partial charge on any atom is -0.494 e. The number of hydrogen-bond acceptors (Lipinski definition) is 7. The number of methoxy groups -OCH3 is 1. The van der Waals surface area contributed by atoms with E-state index < -0.39 is 23.7 Å². The number of hydrazone groups is 1. The fourth-order valence-corrected chi connectivity index (χ4v) is 3.86. The summed E-state index contributed by atoms with van der Waals surface area (Å²) < 4.78 is 18.9. The molecule has 1 unspecified atom stereocenters. The number of nitrogens with two attached hydrogens (primary N) is 1. The number of ether oxygens (including phenoxy) is 1. The average Bonchev–Trinajstić information content (AvgIpc) is 3.42. The van der Waals surface area contributed by atoms with Crippen LogP contribution in [0.5, 0.6) is 5.75 Å². The molecule has 3 N–H and O–H groups in total. The SMILES string of the molecule is COc1ccc(-c2csc(NC(=O)C3=NN(c4ccccc4)C(C(N)=O)C3)n2)cc1F. The van der Waals surface area contributed by atoms with E-state index >= 15 is 0 Å². The van der Waals surface area contributed by atoms with Crippen molar-refractivity contribution in [2.75, 3.05) is 17.4 Å². The number of aromatic nitrogens is 1. The molecule has 31 heavy (non-hydrogen) atoms. The fraction of sp³-hybridized carbons (Fsp3) is 0.143. The molecule has 3 aromatic rings. The molecule has 0 bridgehead atoms. The highest BCUT2D eigenvalue weighted by Gasteiger charge is 2.35. The Morgan fingerprint density at radius 1 is 1.26 bits per heavy atom. The molecule has 8 nitrogen and oxygen atoms in total. The molecule has 2 aromatic carbocycles. The molecule has 0 fully saturated rings. The van der Waals surface area contributed by atoms with Crippen LogP contribution in [0.4, 0.5) is 15.2 Å². The molecule has 10 heteroatoms. The van der Waals surface area contributed by atoms with Crippen LogP contribution in [0.3, 0.4) is 0 Å². The van der Waals surface area contributed by atoms with Gasteiger partial charge in [0.1, 0.15) is 11.8 Å². The lowest BCUT2D eigenvalue weighted by Gasteiger charge is -2.20. The maximum atomic E-state index is 14.0. The van der Waals surface area contributed by atoms with E-state index in [0.717, 1.165) is 0 Å². The molecular formula is C21H18FN5O3S. The Kier molecular flexibility index (Phi) is 5.63. The lowest BCUT2D eigenvalue weighted by atomic mass is 10.1. The first kappa shape index (κ1) is 20.5. The minimum absolute atomic E-state index is 0.0813. The fourth-order valence-electron chi connectivity index (χ4n) is 3.15. The number of nitrogens with one attached hydrogen (secondary N) is 1. The number of benzene rings is 2. The van der Waals surface area contributed by atoms with Gasteiger partial charge in [0.05, 0.1) is 18.5 Å². The third-order valence-corrected chi connectivity index (χ3v) is 5.45. The molecule has 0 aliphatic carbocycles. The Bertz CT molecular complexity index is 1160. The second-order valence-electron chi connectivity index (χ2n) is 6.69. The van der Waals surface area contributed by atoms with Gasteiger partial charge in [0.25, 0.3) is 5.91 Å². The molecule has 1 atom stereocenters. The summed E-state index contributed by atoms with van der Waals surface area (Å²) in [4.78, 5) is 28.9. The number of para-hydroxylation sites is 1. The van der Waals surface area contributed by atoms with Gasteiger partial charge in [-0.3, -0.25) is 19.9 Å². The number of primary amides is 1. The van der Waals surface area contributed by atoms with Gasteiger partial charge in [0, 0.05) is 17.4 Å². The summed E-state index contributed by atoms with van der Waals surface area (Å²) in [5.41, 5.74) is 7.39. The Balaban J connectivity index is 1.51. The number of rotatable bonds is 6. The highest BCUT2D eigenvalue weighted by Crippen LogP contribution is 2.29. The molecule has 2 heterocycles. The maximum Gasteiger partial charge on any atom is 0.273 e. The van der Waals surface area contributed by atoms with Crippen molar-refractivity contribution >= 4 is 39.7 Å². The number of anilines is 2. The normalized spacial score (nSPS) is 15.5. The Hall–Kier alpha value is -3.79. The van der Waals surface area contributed by atoms with Crippen LogP contribution in [0.2, 0.25) is 0 Å². The van der Waals surface area contributed by atoms with E-state index in [4.69, 9.17) is 10.5 Å².